The van der Waals surface area contributed by atoms with Crippen molar-refractivity contribution in [2.45, 2.75) is 0 Å². The first-order valence-electron chi connectivity index (χ1n) is 4.78. The van der Waals surface area contributed by atoms with E-state index >= 15 is 0 Å². The second kappa shape index (κ2) is 4.71. The van der Waals surface area contributed by atoms with Crippen molar-refractivity contribution in [1.29, 1.82) is 0 Å². The lowest BCUT2D eigenvalue weighted by Crippen LogP contribution is -2.03. The molecule has 0 unspecified atom stereocenters. The van der Waals surface area contributed by atoms with Crippen molar-refractivity contribution in [3.8, 4) is 0 Å². The van der Waals surface area contributed by atoms with Crippen LogP contribution in [0.3, 0.4) is 0 Å². The Morgan fingerprint density at radius 1 is 1.39 bits per heavy atom. The number of hydrogen-bond acceptors (Lipinski definition) is 7. The molecule has 0 aliphatic carbocycles. The smallest absolute Gasteiger partial charge is 0.363 e. The lowest BCUT2D eigenvalue weighted by atomic mass is 10.3. The molecule has 90 valence electrons. The van der Waals surface area contributed by atoms with Crippen molar-refractivity contribution in [2.75, 3.05) is 0 Å². The normalized spacial score (nSPS) is 17.1. The zero-order valence-electron chi connectivity index (χ0n) is 8.66. The Bertz CT molecular complexity index is 660. The summed E-state index contributed by atoms with van der Waals surface area (Å²) in [4.78, 5) is 16.6. The van der Waals surface area contributed by atoms with Crippen LogP contribution in [0.1, 0.15) is 10.6 Å². The largest absolute Gasteiger partial charge is 0.401 e. The lowest BCUT2D eigenvalue weighted by Gasteiger charge is -1.92. The molecule has 2 aromatic rings. The van der Waals surface area contributed by atoms with Crippen LogP contribution in [0.2, 0.25) is 0 Å². The van der Waals surface area contributed by atoms with Gasteiger partial charge in [-0.05, 0) is 45.7 Å². The molecule has 0 spiro atoms. The van der Waals surface area contributed by atoms with Crippen LogP contribution in [0.5, 0.6) is 0 Å². The van der Waals surface area contributed by atoms with Gasteiger partial charge in [-0.15, -0.1) is 16.4 Å². The van der Waals surface area contributed by atoms with Crippen molar-refractivity contribution in [2.24, 2.45) is 4.99 Å². The standard InChI is InChI=1S/C10H4BrN3O2S2/c11-8-2-1-7(18-8)9-12-6(10(15)16-9)3-5-4-17-14-13-5/h1-4H/b6-3-. The van der Waals surface area contributed by atoms with E-state index in [0.717, 1.165) is 8.66 Å². The summed E-state index contributed by atoms with van der Waals surface area (Å²) < 4.78 is 9.78. The molecule has 3 heterocycles. The monoisotopic (exact) mass is 341 g/mol. The van der Waals surface area contributed by atoms with Crippen molar-refractivity contribution in [3.63, 3.8) is 0 Å². The topological polar surface area (TPSA) is 64.4 Å². The van der Waals surface area contributed by atoms with E-state index in [1.54, 1.807) is 11.5 Å². The number of ether oxygens (including phenoxy) is 1. The average molecular weight is 342 g/mol. The summed E-state index contributed by atoms with van der Waals surface area (Å²) in [5.74, 6) is -0.146. The summed E-state index contributed by atoms with van der Waals surface area (Å²) in [6.07, 6.45) is 1.56. The SMILES string of the molecule is O=C1OC(c2ccc(Br)s2)=N/C1=C\c1csnn1. The Morgan fingerprint density at radius 3 is 2.94 bits per heavy atom. The van der Waals surface area contributed by atoms with Gasteiger partial charge in [0.1, 0.15) is 5.69 Å². The molecule has 1 aliphatic rings. The van der Waals surface area contributed by atoms with Crippen LogP contribution in [-0.2, 0) is 9.53 Å². The number of nitrogens with zero attached hydrogens (tertiary/aromatic N) is 3. The first-order chi connectivity index (χ1) is 8.72. The van der Waals surface area contributed by atoms with E-state index < -0.39 is 5.97 Å². The molecule has 0 bridgehead atoms. The minimum Gasteiger partial charge on any atom is -0.401 e. The number of carbonyl (C=O) groups excluding carboxylic acids is 1. The third-order valence-corrected chi connectivity index (χ3v) is 4.20. The number of hydrogen-bond donors (Lipinski definition) is 0. The molecule has 8 heteroatoms. The third-order valence-electron chi connectivity index (χ3n) is 2.07. The molecule has 0 fully saturated rings. The molecule has 0 radical (unpaired) electrons. The van der Waals surface area contributed by atoms with Gasteiger partial charge in [0.15, 0.2) is 5.70 Å². The molecule has 0 saturated heterocycles. The van der Waals surface area contributed by atoms with E-state index in [9.17, 15) is 4.79 Å². The van der Waals surface area contributed by atoms with Gasteiger partial charge in [-0.2, -0.15) is 0 Å². The van der Waals surface area contributed by atoms with Crippen LogP contribution in [0.25, 0.3) is 6.08 Å². The minimum atomic E-state index is -0.470. The second-order valence-corrected chi connectivity index (χ2v) is 6.34. The van der Waals surface area contributed by atoms with Crippen LogP contribution in [0, 0.1) is 0 Å². The van der Waals surface area contributed by atoms with Gasteiger partial charge in [0.2, 0.25) is 5.90 Å². The van der Waals surface area contributed by atoms with E-state index in [2.05, 4.69) is 30.5 Å². The number of carbonyl (C=O) groups is 1. The first-order valence-corrected chi connectivity index (χ1v) is 7.22. The van der Waals surface area contributed by atoms with Gasteiger partial charge in [-0.25, -0.2) is 9.79 Å². The molecular weight excluding hydrogens is 338 g/mol. The predicted octanol–water partition coefficient (Wildman–Crippen LogP) is 2.71. The highest BCUT2D eigenvalue weighted by atomic mass is 79.9. The quantitative estimate of drug-likeness (QED) is 0.622. The Hall–Kier alpha value is -1.38. The number of esters is 1. The van der Waals surface area contributed by atoms with Gasteiger partial charge < -0.3 is 4.74 Å². The summed E-state index contributed by atoms with van der Waals surface area (Å²) in [7, 11) is 0. The van der Waals surface area contributed by atoms with Crippen LogP contribution in [-0.4, -0.2) is 21.5 Å². The summed E-state index contributed by atoms with van der Waals surface area (Å²) in [6, 6.07) is 3.72. The molecule has 1 aliphatic heterocycles. The van der Waals surface area contributed by atoms with Crippen LogP contribution < -0.4 is 0 Å². The summed E-state index contributed by atoms with van der Waals surface area (Å²) in [5.41, 5.74) is 0.839. The number of thiophene rings is 1. The summed E-state index contributed by atoms with van der Waals surface area (Å²) in [5, 5.41) is 5.56. The van der Waals surface area contributed by atoms with Gasteiger partial charge >= 0.3 is 5.97 Å². The van der Waals surface area contributed by atoms with Gasteiger partial charge in [-0.1, -0.05) is 4.49 Å². The predicted molar refractivity (Wildman–Crippen MR) is 72.5 cm³/mol. The number of rotatable bonds is 2. The molecule has 5 nitrogen and oxygen atoms in total. The Kier molecular flexibility index (Phi) is 3.06. The first kappa shape index (κ1) is 11.7. The van der Waals surface area contributed by atoms with Crippen LogP contribution in [0.4, 0.5) is 0 Å². The molecule has 0 aromatic carbocycles. The van der Waals surface area contributed by atoms with Crippen molar-refractivity contribution >= 4 is 56.7 Å². The molecule has 3 rings (SSSR count). The number of aliphatic imine (C=N–C) groups is 1. The van der Waals surface area contributed by atoms with E-state index in [1.807, 2.05) is 12.1 Å². The van der Waals surface area contributed by atoms with Crippen molar-refractivity contribution in [3.05, 3.63) is 37.6 Å². The van der Waals surface area contributed by atoms with E-state index in [-0.39, 0.29) is 5.70 Å². The maximum absolute atomic E-state index is 11.6. The number of cyclic esters (lactones) is 1. The third kappa shape index (κ3) is 2.26. The average Bonchev–Trinajstić information content (AvgIpc) is 3.03. The molecule has 2 aromatic heterocycles. The Balaban J connectivity index is 1.94. The fourth-order valence-electron chi connectivity index (χ4n) is 1.32. The van der Waals surface area contributed by atoms with Gasteiger partial charge in [0.25, 0.3) is 0 Å². The van der Waals surface area contributed by atoms with Crippen molar-refractivity contribution in [1.82, 2.24) is 9.59 Å². The zero-order chi connectivity index (χ0) is 12.5. The van der Waals surface area contributed by atoms with E-state index in [0.29, 0.717) is 11.6 Å². The maximum Gasteiger partial charge on any atom is 0.363 e. The fourth-order valence-corrected chi connectivity index (χ4v) is 3.04. The molecule has 0 atom stereocenters. The minimum absolute atomic E-state index is 0.238. The van der Waals surface area contributed by atoms with Crippen LogP contribution >= 0.6 is 38.8 Å². The number of aromatic nitrogens is 2. The van der Waals surface area contributed by atoms with Crippen molar-refractivity contribution < 1.29 is 9.53 Å². The van der Waals surface area contributed by atoms with E-state index in [1.165, 1.54) is 22.9 Å². The zero-order valence-corrected chi connectivity index (χ0v) is 11.9. The lowest BCUT2D eigenvalue weighted by molar-refractivity contribution is -0.129. The molecule has 0 amide bonds. The molecule has 0 saturated carbocycles. The number of halogens is 1. The molecule has 0 N–H and O–H groups in total. The Labute approximate surface area is 118 Å². The summed E-state index contributed by atoms with van der Waals surface area (Å²) in [6.45, 7) is 0. The fraction of sp³-hybridized carbons (Fsp3) is 0. The van der Waals surface area contributed by atoms with Gasteiger partial charge in [0, 0.05) is 5.38 Å². The highest BCUT2D eigenvalue weighted by Crippen LogP contribution is 2.26. The van der Waals surface area contributed by atoms with E-state index in [4.69, 9.17) is 4.74 Å². The molecular formula is C10H4BrN3O2S2. The summed E-state index contributed by atoms with van der Waals surface area (Å²) >= 11 is 6.02. The van der Waals surface area contributed by atoms with Crippen LogP contribution in [0.15, 0.2) is 32.0 Å². The van der Waals surface area contributed by atoms with Gasteiger partial charge in [0.05, 0.1) is 8.66 Å². The highest BCUT2D eigenvalue weighted by Gasteiger charge is 2.25. The van der Waals surface area contributed by atoms with Gasteiger partial charge in [-0.3, -0.25) is 0 Å². The molecule has 18 heavy (non-hydrogen) atoms. The Morgan fingerprint density at radius 2 is 2.28 bits per heavy atom. The highest BCUT2D eigenvalue weighted by molar-refractivity contribution is 9.11. The maximum atomic E-state index is 11.6. The second-order valence-electron chi connectivity index (χ2n) is 3.27.